The fraction of sp³-hybridized carbons (Fsp3) is 0.197. The van der Waals surface area contributed by atoms with E-state index in [9.17, 15) is 0 Å². The smallest absolute Gasteiger partial charge is 0.255 e. The third-order valence-electron chi connectivity index (χ3n) is 10.9. The molecule has 0 fully saturated rings. The second kappa shape index (κ2) is 42.0. The van der Waals surface area contributed by atoms with E-state index in [1.807, 2.05) is 115 Å². The van der Waals surface area contributed by atoms with Crippen LogP contribution in [-0.2, 0) is 53.8 Å². The summed E-state index contributed by atoms with van der Waals surface area (Å²) in [6.45, 7) is 19.4. The largest absolute Gasteiger partial charge is 1.00 e. The fourth-order valence-electron chi connectivity index (χ4n) is 6.63. The molecule has 0 aliphatic carbocycles. The van der Waals surface area contributed by atoms with Gasteiger partial charge in [0.25, 0.3) is 0 Å². The molecule has 4 aromatic carbocycles. The van der Waals surface area contributed by atoms with Crippen molar-refractivity contribution < 1.29 is 67.1 Å². The predicted molar refractivity (Wildman–Crippen MR) is 335 cm³/mol. The summed E-state index contributed by atoms with van der Waals surface area (Å²) in [7, 11) is 11.9. The number of nitrogens with one attached hydrogen (secondary N) is 3. The van der Waals surface area contributed by atoms with Crippen molar-refractivity contribution in [3.8, 4) is 33.9 Å². The number of aromatic amines is 3. The Bertz CT molecular complexity index is 2710. The molecule has 428 valence electrons. The molecule has 0 saturated heterocycles. The first kappa shape index (κ1) is 74.1. The van der Waals surface area contributed by atoms with E-state index in [-0.39, 0.29) is 74.3 Å². The maximum Gasteiger partial charge on any atom is 1.00 e. The van der Waals surface area contributed by atoms with Gasteiger partial charge in [0.15, 0.2) is 0 Å². The van der Waals surface area contributed by atoms with E-state index in [1.165, 1.54) is 39.1 Å². The summed E-state index contributed by atoms with van der Waals surface area (Å²) < 4.78 is 0. The van der Waals surface area contributed by atoms with Crippen molar-refractivity contribution in [1.29, 1.82) is 0 Å². The Hall–Kier alpha value is -5.87. The van der Waals surface area contributed by atoms with E-state index in [4.69, 9.17) is 18.8 Å². The van der Waals surface area contributed by atoms with Crippen LogP contribution in [0.4, 0.5) is 0 Å². The van der Waals surface area contributed by atoms with Crippen molar-refractivity contribution in [2.75, 3.05) is 0 Å². The van der Waals surface area contributed by atoms with Crippen molar-refractivity contribution in [3.63, 3.8) is 0 Å². The quantitative estimate of drug-likeness (QED) is 0.146. The van der Waals surface area contributed by atoms with Crippen LogP contribution in [0.2, 0.25) is 0 Å². The molecule has 0 bridgehead atoms. The average Bonchev–Trinajstić information content (AvgIpc) is 4.34. The van der Waals surface area contributed by atoms with Crippen molar-refractivity contribution in [1.82, 2.24) is 50.5 Å². The number of hydrogen-bond donors (Lipinski definition) is 3. The Morgan fingerprint density at radius 1 is 0.329 bits per heavy atom. The molecule has 82 heavy (non-hydrogen) atoms. The topological polar surface area (TPSA) is 138 Å². The molecule has 0 unspecified atom stereocenters. The molecular formula is C66H76BCl2N10NaPt2. The molecule has 11 rings (SSSR count). The molecule has 10 nitrogen and oxygen atoms in total. The molecule has 7 aromatic heterocycles. The van der Waals surface area contributed by atoms with Gasteiger partial charge in [-0.05, 0) is 77.9 Å². The Morgan fingerprint density at radius 3 is 0.720 bits per heavy atom. The normalized spacial score (nSPS) is 9.99. The van der Waals surface area contributed by atoms with Crippen LogP contribution in [0.25, 0.3) is 33.9 Å². The zero-order valence-corrected chi connectivity index (χ0v) is 55.9. The van der Waals surface area contributed by atoms with Gasteiger partial charge in [-0.2, -0.15) is 15.3 Å². The number of nitrogens with zero attached hydrogens (tertiary/aromatic N) is 7. The summed E-state index contributed by atoms with van der Waals surface area (Å²) in [5.74, 6) is 0. The van der Waals surface area contributed by atoms with Gasteiger partial charge in [-0.3, -0.25) is 53.4 Å². The van der Waals surface area contributed by atoms with E-state index in [1.54, 1.807) is 43.4 Å². The number of hydrogen-bond acceptors (Lipinski definition) is 7. The van der Waals surface area contributed by atoms with Gasteiger partial charge < -0.3 is 0 Å². The van der Waals surface area contributed by atoms with Gasteiger partial charge in [0.05, 0.1) is 22.8 Å². The first-order valence-corrected chi connectivity index (χ1v) is 31.2. The Morgan fingerprint density at radius 2 is 0.549 bits per heavy atom. The maximum atomic E-state index is 4.88. The molecule has 3 N–H and O–H groups in total. The van der Waals surface area contributed by atoms with E-state index >= 15 is 0 Å². The Balaban J connectivity index is 0.000000474. The van der Waals surface area contributed by atoms with Crippen LogP contribution in [0.1, 0.15) is 86.8 Å². The van der Waals surface area contributed by atoms with Gasteiger partial charge >= 0.3 is 64.9 Å². The summed E-state index contributed by atoms with van der Waals surface area (Å²) >= 11 is -0.472. The van der Waals surface area contributed by atoms with Crippen LogP contribution >= 0.6 is 18.8 Å². The third kappa shape index (κ3) is 31.0. The van der Waals surface area contributed by atoms with Crippen LogP contribution in [0.3, 0.4) is 0 Å². The number of aromatic nitrogens is 10. The van der Waals surface area contributed by atoms with E-state index < -0.39 is 16.5 Å². The summed E-state index contributed by atoms with van der Waals surface area (Å²) in [5.41, 5.74) is 12.9. The summed E-state index contributed by atoms with van der Waals surface area (Å²) in [6, 6.07) is 70.6. The molecule has 2 radical (unpaired) electrons. The Kier molecular flexibility index (Phi) is 38.0. The van der Waals surface area contributed by atoms with Gasteiger partial charge in [0.1, 0.15) is 0 Å². The summed E-state index contributed by atoms with van der Waals surface area (Å²) in [5, 5.41) is 20.4. The minimum Gasteiger partial charge on any atom is -0.255 e. The zero-order chi connectivity index (χ0) is 57.0. The van der Waals surface area contributed by atoms with E-state index in [0.717, 1.165) is 22.8 Å². The standard InChI is InChI=1S/C12H10B.C12H10.2C10H8N2.3C7H12N2.CH4.2ClH.Na.2Pt/c1-3-7-11(8-4-1)13-12-9-5-2-6-10-12;1-3-7-11(8-4-1)12-9-5-2-6-10-12;2*1-3-7-11-9(5-1)10-6-2-4-8-12-10;3*1-7(2,3)6-4-5-8-9-6;;;;;;/h1-10H;1-10H;2*1-8H;3*4-5H,1-3H3,(H,8,9);1H4;2*1H;;;/q-1;;;;;;;;;;+1;;+2/p-2. The van der Waals surface area contributed by atoms with Gasteiger partial charge in [-0.1, -0.05) is 191 Å². The molecule has 0 spiro atoms. The van der Waals surface area contributed by atoms with Crippen LogP contribution in [0, 0.1) is 0 Å². The number of halogens is 2. The number of benzene rings is 4. The molecule has 0 aliphatic rings. The van der Waals surface area contributed by atoms with Crippen LogP contribution in [0.5, 0.6) is 0 Å². The average molecular weight is 1500 g/mol. The molecule has 0 amide bonds. The molecule has 11 aromatic rings. The van der Waals surface area contributed by atoms with Gasteiger partial charge in [0, 0.05) is 97.8 Å². The summed E-state index contributed by atoms with van der Waals surface area (Å²) in [6.07, 6.45) is 12.4. The van der Waals surface area contributed by atoms with Crippen LogP contribution in [0.15, 0.2) is 256 Å². The van der Waals surface area contributed by atoms with E-state index in [2.05, 4.69) is 217 Å². The molecule has 7 heterocycles. The van der Waals surface area contributed by atoms with Gasteiger partial charge in [-0.25, -0.2) is 0 Å². The molecule has 0 aliphatic heterocycles. The second-order valence-corrected chi connectivity index (χ2v) is 23.5. The van der Waals surface area contributed by atoms with Crippen molar-refractivity contribution >= 4 is 37.0 Å². The van der Waals surface area contributed by atoms with Crippen molar-refractivity contribution in [2.45, 2.75) is 86.0 Å². The van der Waals surface area contributed by atoms with Crippen molar-refractivity contribution in [2.24, 2.45) is 0 Å². The third-order valence-corrected chi connectivity index (χ3v) is 10.9. The number of rotatable bonds is 5. The van der Waals surface area contributed by atoms with Crippen molar-refractivity contribution in [3.05, 3.63) is 273 Å². The number of H-pyrrole nitrogens is 3. The maximum absolute atomic E-state index is 4.88. The molecular weight excluding hydrogens is 1430 g/mol. The summed E-state index contributed by atoms with van der Waals surface area (Å²) in [4.78, 5) is 16.7. The fourth-order valence-corrected chi connectivity index (χ4v) is 6.63. The first-order chi connectivity index (χ1) is 38.1. The van der Waals surface area contributed by atoms with Gasteiger partial charge in [-0.15, -0.1) is 24.3 Å². The van der Waals surface area contributed by atoms with Gasteiger partial charge in [0.2, 0.25) is 0 Å². The second-order valence-electron chi connectivity index (χ2n) is 20.3. The molecule has 16 heteroatoms. The van der Waals surface area contributed by atoms with E-state index in [0.29, 0.717) is 0 Å². The monoisotopic (exact) mass is 1500 g/mol. The molecule has 0 saturated carbocycles. The predicted octanol–water partition coefficient (Wildman–Crippen LogP) is 13.1. The van der Waals surface area contributed by atoms with Crippen LogP contribution < -0.4 is 40.5 Å². The number of pyridine rings is 4. The SMILES string of the molecule is C.CC(C)(C)c1ccn[nH]1.CC(C)(C)c1ccn[nH]1.CC(C)(C)c1ccn[nH]1.[B-](c1ccccc1)c1ccccc1.[Cl][Pt][Cl].[Na+].[Pt].c1ccc(-c2ccccc2)cc1.c1ccc(-c2ccccn2)nc1.c1ccc(-c2ccccn2)nc1. The zero-order valence-electron chi connectivity index (χ0n) is 47.8. The molecule has 0 atom stereocenters. The minimum absolute atomic E-state index is 0. The first-order valence-electron chi connectivity index (χ1n) is 25.6. The Labute approximate surface area is 542 Å². The van der Waals surface area contributed by atoms with Crippen LogP contribution in [-0.4, -0.2) is 57.8 Å². The minimum atomic E-state index is -0.472.